The zero-order valence-corrected chi connectivity index (χ0v) is 38.9. The van der Waals surface area contributed by atoms with Crippen LogP contribution >= 0.6 is 11.3 Å². The minimum atomic E-state index is -3.01. The molecular weight excluding hydrogens is 895 g/mol. The van der Waals surface area contributed by atoms with Gasteiger partial charge in [0.25, 0.3) is 11.5 Å². The lowest BCUT2D eigenvalue weighted by molar-refractivity contribution is -0.135. The monoisotopic (exact) mass is 951 g/mol. The first-order valence-corrected chi connectivity index (χ1v) is 24.6. The van der Waals surface area contributed by atoms with Crippen molar-refractivity contribution in [2.75, 3.05) is 71.4 Å². The van der Waals surface area contributed by atoms with E-state index < -0.39 is 28.0 Å². The van der Waals surface area contributed by atoms with Crippen molar-refractivity contribution in [2.45, 2.75) is 56.8 Å². The van der Waals surface area contributed by atoms with Crippen molar-refractivity contribution in [3.8, 4) is 22.6 Å². The molecule has 5 heterocycles. The molecule has 7 rings (SSSR count). The number of ether oxygens (including phenoxy) is 5. The molecule has 0 bridgehead atoms. The van der Waals surface area contributed by atoms with Gasteiger partial charge in [0.15, 0.2) is 18.1 Å². The van der Waals surface area contributed by atoms with Crippen molar-refractivity contribution in [3.05, 3.63) is 79.9 Å². The van der Waals surface area contributed by atoms with Crippen molar-refractivity contribution >= 4 is 60.0 Å². The fraction of sp³-hybridized carbons (Fsp3) is 0.489. The first-order chi connectivity index (χ1) is 31.7. The number of carbonyl (C=O) groups is 3. The van der Waals surface area contributed by atoms with Gasteiger partial charge in [0.2, 0.25) is 11.8 Å². The lowest BCUT2D eigenvalue weighted by atomic mass is 10.1. The number of rotatable bonds is 22. The molecule has 5 aromatic rings. The number of amides is 3. The Kier molecular flexibility index (Phi) is 16.1. The van der Waals surface area contributed by atoms with Crippen molar-refractivity contribution in [1.82, 2.24) is 29.7 Å². The van der Waals surface area contributed by atoms with Crippen molar-refractivity contribution in [1.29, 1.82) is 0 Å². The van der Waals surface area contributed by atoms with E-state index in [2.05, 4.69) is 16.0 Å². The van der Waals surface area contributed by atoms with Crippen LogP contribution in [-0.2, 0) is 58.9 Å². The number of thiophene rings is 1. The summed E-state index contributed by atoms with van der Waals surface area (Å²) in [4.78, 5) is 63.6. The molecule has 2 atom stereocenters. The number of fused-ring (bicyclic) bond motifs is 2. The van der Waals surface area contributed by atoms with E-state index in [-0.39, 0.29) is 73.2 Å². The highest BCUT2D eigenvalue weighted by atomic mass is 32.2. The van der Waals surface area contributed by atoms with Crippen LogP contribution in [0.15, 0.2) is 58.3 Å². The molecule has 19 nitrogen and oxygen atoms in total. The molecule has 0 aliphatic carbocycles. The van der Waals surface area contributed by atoms with Crippen LogP contribution in [0.25, 0.3) is 32.2 Å². The maximum absolute atomic E-state index is 13.2. The third-order valence-corrected chi connectivity index (χ3v) is 14.7. The number of aryl methyl sites for hydroxylation is 3. The largest absolute Gasteiger partial charge is 0.493 e. The van der Waals surface area contributed by atoms with Crippen LogP contribution in [0.4, 0.5) is 0 Å². The second-order valence-electron chi connectivity index (χ2n) is 16.4. The Bertz CT molecular complexity index is 2780. The Morgan fingerprint density at radius 2 is 1.64 bits per heavy atom. The number of imidazole rings is 1. The maximum Gasteiger partial charge on any atom is 0.329 e. The first kappa shape index (κ1) is 48.5. The molecule has 3 aromatic heterocycles. The predicted octanol–water partition coefficient (Wildman–Crippen LogP) is 2.21. The Labute approximate surface area is 385 Å². The van der Waals surface area contributed by atoms with Crippen LogP contribution in [0, 0.1) is 0 Å². The summed E-state index contributed by atoms with van der Waals surface area (Å²) in [5.74, 6) is -0.0899. The molecule has 2 aromatic carbocycles. The van der Waals surface area contributed by atoms with Crippen molar-refractivity contribution in [3.63, 3.8) is 0 Å². The van der Waals surface area contributed by atoms with E-state index in [0.717, 1.165) is 44.6 Å². The minimum absolute atomic E-state index is 0.0354. The smallest absolute Gasteiger partial charge is 0.329 e. The van der Waals surface area contributed by atoms with E-state index in [0.29, 0.717) is 68.3 Å². The minimum Gasteiger partial charge on any atom is -0.493 e. The highest BCUT2D eigenvalue weighted by molar-refractivity contribution is 7.91. The predicted molar refractivity (Wildman–Crippen MR) is 249 cm³/mol. The van der Waals surface area contributed by atoms with Gasteiger partial charge in [0.1, 0.15) is 15.9 Å². The average molecular weight is 952 g/mol. The third kappa shape index (κ3) is 11.7. The third-order valence-electron chi connectivity index (χ3n) is 11.7. The number of sulfone groups is 1. The Hall–Kier alpha value is -5.42. The van der Waals surface area contributed by atoms with E-state index in [4.69, 9.17) is 29.4 Å². The van der Waals surface area contributed by atoms with Crippen LogP contribution in [0.3, 0.4) is 0 Å². The first-order valence-electron chi connectivity index (χ1n) is 21.9. The molecule has 21 heteroatoms. The summed E-state index contributed by atoms with van der Waals surface area (Å²) in [6.07, 6.45) is 4.15. The summed E-state index contributed by atoms with van der Waals surface area (Å²) >= 11 is 1.41. The van der Waals surface area contributed by atoms with Gasteiger partial charge in [0.05, 0.1) is 74.2 Å². The summed E-state index contributed by atoms with van der Waals surface area (Å²) in [5.41, 5.74) is 10.0. The molecule has 2 unspecified atom stereocenters. The zero-order valence-electron chi connectivity index (χ0n) is 37.3. The quantitative estimate of drug-likeness (QED) is 0.0442. The van der Waals surface area contributed by atoms with Gasteiger partial charge >= 0.3 is 5.69 Å². The van der Waals surface area contributed by atoms with Gasteiger partial charge in [-0.2, -0.15) is 0 Å². The number of nitrogens with zero attached hydrogens (tertiary/aromatic N) is 3. The van der Waals surface area contributed by atoms with E-state index in [1.54, 1.807) is 38.5 Å². The molecular formula is C45H57N7O12S2. The van der Waals surface area contributed by atoms with Gasteiger partial charge in [-0.25, -0.2) is 13.2 Å². The number of piperidine rings is 1. The number of imide groups is 1. The van der Waals surface area contributed by atoms with E-state index >= 15 is 0 Å². The van der Waals surface area contributed by atoms with Crippen LogP contribution in [-0.4, -0.2) is 117 Å². The lowest BCUT2D eigenvalue weighted by Crippen LogP contribution is -2.44. The van der Waals surface area contributed by atoms with Gasteiger partial charge in [-0.15, -0.1) is 11.3 Å². The molecule has 66 heavy (non-hydrogen) atoms. The Morgan fingerprint density at radius 1 is 0.909 bits per heavy atom. The highest BCUT2D eigenvalue weighted by Crippen LogP contribution is 2.38. The van der Waals surface area contributed by atoms with Gasteiger partial charge in [-0.05, 0) is 73.6 Å². The SMILES string of the molecule is COc1cc(-c2cn(C)c(=O)c3cc(C(N)NC4CCS(=O)(=O)CC4)sc23)ccc1OCC(=O)NCCOCCOCCOCCCc1ccc2c(c1)n(C)c(=O)n2C1CCC(=O)NC1=O. The number of carbonyl (C=O) groups excluding carboxylic acids is 3. The Balaban J connectivity index is 0.769. The fourth-order valence-electron chi connectivity index (χ4n) is 8.15. The summed E-state index contributed by atoms with van der Waals surface area (Å²) in [5, 5.41) is 8.96. The van der Waals surface area contributed by atoms with Crippen LogP contribution in [0.1, 0.15) is 54.8 Å². The van der Waals surface area contributed by atoms with E-state index in [9.17, 15) is 32.4 Å². The topological polar surface area (TPSA) is 243 Å². The number of pyridine rings is 1. The number of aromatic nitrogens is 3. The van der Waals surface area contributed by atoms with Crippen LogP contribution in [0.5, 0.6) is 11.5 Å². The second-order valence-corrected chi connectivity index (χ2v) is 19.8. The molecule has 2 aliphatic heterocycles. The fourth-order valence-corrected chi connectivity index (χ4v) is 10.8. The number of methoxy groups -OCH3 is 1. The molecule has 2 fully saturated rings. The second kappa shape index (κ2) is 21.9. The number of hydrogen-bond acceptors (Lipinski definition) is 15. The summed E-state index contributed by atoms with van der Waals surface area (Å²) in [7, 11) is 1.86. The normalized spacial score (nSPS) is 17.0. The molecule has 2 aliphatic rings. The highest BCUT2D eigenvalue weighted by Gasteiger charge is 2.31. The number of nitrogens with one attached hydrogen (secondary N) is 3. The average Bonchev–Trinajstić information content (AvgIpc) is 3.85. The molecule has 3 amide bonds. The van der Waals surface area contributed by atoms with Gasteiger partial charge in [0, 0.05) is 61.0 Å². The van der Waals surface area contributed by atoms with Crippen LogP contribution in [0.2, 0.25) is 0 Å². The molecule has 2 saturated heterocycles. The zero-order chi connectivity index (χ0) is 47.0. The molecule has 0 saturated carbocycles. The summed E-state index contributed by atoms with van der Waals surface area (Å²) in [6.45, 7) is 2.39. The molecule has 356 valence electrons. The van der Waals surface area contributed by atoms with E-state index in [1.165, 1.54) is 32.1 Å². The van der Waals surface area contributed by atoms with Crippen molar-refractivity contribution < 1.29 is 46.5 Å². The van der Waals surface area contributed by atoms with Gasteiger partial charge in [-0.1, -0.05) is 12.1 Å². The van der Waals surface area contributed by atoms with Crippen molar-refractivity contribution in [2.24, 2.45) is 19.8 Å². The van der Waals surface area contributed by atoms with Gasteiger partial charge < -0.3 is 39.3 Å². The van der Waals surface area contributed by atoms with Crippen LogP contribution < -0.4 is 42.4 Å². The summed E-state index contributed by atoms with van der Waals surface area (Å²) < 4.78 is 57.3. The molecule has 0 radical (unpaired) electrons. The maximum atomic E-state index is 13.2. The Morgan fingerprint density at radius 3 is 2.36 bits per heavy atom. The molecule has 0 spiro atoms. The summed E-state index contributed by atoms with van der Waals surface area (Å²) in [6, 6.07) is 12.1. The van der Waals surface area contributed by atoms with E-state index in [1.807, 2.05) is 24.3 Å². The van der Waals surface area contributed by atoms with Gasteiger partial charge in [-0.3, -0.25) is 38.9 Å². The number of benzene rings is 2. The molecule has 5 N–H and O–H groups in total. The number of hydrogen-bond donors (Lipinski definition) is 4. The lowest BCUT2D eigenvalue weighted by Gasteiger charge is -2.26. The standard InChI is InChI=1S/C45H57N7O12S2/c1-50-26-32(41-31(44(50)56)25-38(65-41)42(46)48-30-12-21-66(58,59)22-13-30)29-7-10-36(37(24-29)60-3)64-27-40(54)47-14-16-62-18-20-63-19-17-61-15-4-5-28-6-8-33-35(23-28)51(2)45(57)52(33)34-9-11-39(53)49-43(34)55/h6-8,10,23-26,30,34,42,48H,4-5,9,11-22,27,46H2,1-3H3,(H,47,54)(H,49,53,55). The number of nitrogens with two attached hydrogens (primary N) is 1.